The van der Waals surface area contributed by atoms with Gasteiger partial charge in [-0.25, -0.2) is 9.07 Å². The van der Waals surface area contributed by atoms with Crippen molar-refractivity contribution in [3.05, 3.63) is 80.0 Å². The molecule has 0 saturated heterocycles. The minimum absolute atomic E-state index is 0.0390. The molecule has 0 radical (unpaired) electrons. The average Bonchev–Trinajstić information content (AvgIpc) is 3.42. The van der Waals surface area contributed by atoms with Crippen molar-refractivity contribution in [2.24, 2.45) is 7.05 Å². The van der Waals surface area contributed by atoms with Crippen molar-refractivity contribution in [1.29, 1.82) is 0 Å². The molecule has 0 aliphatic rings. The molecule has 0 N–H and O–H groups in total. The summed E-state index contributed by atoms with van der Waals surface area (Å²) in [6.07, 6.45) is 4.77. The first-order valence-electron chi connectivity index (χ1n) is 11.1. The Morgan fingerprint density at radius 2 is 2.06 bits per heavy atom. The average molecular weight is 559 g/mol. The molecule has 3 aromatic heterocycles. The van der Waals surface area contributed by atoms with E-state index in [1.807, 2.05) is 17.8 Å². The number of aromatic nitrogens is 5. The summed E-state index contributed by atoms with van der Waals surface area (Å²) in [6.45, 7) is 4.43. The van der Waals surface area contributed by atoms with Gasteiger partial charge < -0.3 is 19.6 Å². The predicted molar refractivity (Wildman–Crippen MR) is 133 cm³/mol. The fourth-order valence-corrected chi connectivity index (χ4v) is 4.35. The van der Waals surface area contributed by atoms with Crippen molar-refractivity contribution in [2.45, 2.75) is 32.9 Å². The molecule has 4 aromatic rings. The molecule has 188 valence electrons. The van der Waals surface area contributed by atoms with Gasteiger partial charge in [0.15, 0.2) is 6.20 Å². The summed E-state index contributed by atoms with van der Waals surface area (Å²) >= 11 is 3.26. The molecule has 0 amide bonds. The minimum Gasteiger partial charge on any atom is -0.481 e. The molecular formula is C24H24BrFN6O4. The molecule has 4 rings (SSSR count). The van der Waals surface area contributed by atoms with E-state index in [1.165, 1.54) is 24.4 Å². The highest BCUT2D eigenvalue weighted by atomic mass is 79.9. The number of hydrogen-bond donors (Lipinski definition) is 0. The number of hydrogen-bond acceptors (Lipinski definition) is 7. The van der Waals surface area contributed by atoms with Gasteiger partial charge in [-0.1, -0.05) is 0 Å². The van der Waals surface area contributed by atoms with E-state index < -0.39 is 22.7 Å². The highest BCUT2D eigenvalue weighted by Crippen LogP contribution is 2.38. The second-order valence-electron chi connectivity index (χ2n) is 8.07. The van der Waals surface area contributed by atoms with Gasteiger partial charge >= 0.3 is 5.82 Å². The highest BCUT2D eigenvalue weighted by Gasteiger charge is 2.26. The summed E-state index contributed by atoms with van der Waals surface area (Å²) in [7, 11) is 3.33. The quantitative estimate of drug-likeness (QED) is 0.204. The van der Waals surface area contributed by atoms with Gasteiger partial charge in [-0.3, -0.25) is 4.68 Å². The van der Waals surface area contributed by atoms with Crippen LogP contribution in [0.25, 0.3) is 11.3 Å². The van der Waals surface area contributed by atoms with E-state index in [0.717, 1.165) is 17.7 Å². The normalized spacial score (nSPS) is 11.9. The number of aryl methyl sites for hydroxylation is 2. The van der Waals surface area contributed by atoms with Crippen LogP contribution in [-0.4, -0.2) is 36.6 Å². The molecule has 36 heavy (non-hydrogen) atoms. The van der Waals surface area contributed by atoms with E-state index in [0.29, 0.717) is 33.6 Å². The molecule has 1 atom stereocenters. The van der Waals surface area contributed by atoms with E-state index >= 15 is 0 Å². The van der Waals surface area contributed by atoms with Crippen molar-refractivity contribution < 1.29 is 18.8 Å². The molecule has 1 aromatic carbocycles. The van der Waals surface area contributed by atoms with Crippen LogP contribution in [0.15, 0.2) is 47.3 Å². The van der Waals surface area contributed by atoms with Gasteiger partial charge in [-0.2, -0.15) is 10.2 Å². The molecule has 0 saturated carbocycles. The lowest BCUT2D eigenvalue weighted by atomic mass is 9.96. The van der Waals surface area contributed by atoms with Crippen molar-refractivity contribution in [1.82, 2.24) is 24.5 Å². The lowest BCUT2D eigenvalue weighted by Gasteiger charge is -2.18. The standard InChI is InChI=1S/C24H24BrFN6O4/c1-5-31-13-15(11-28-31)8-20-22(29-30(3)24(20)35-4)18-7-6-17(26)10-19(18)14(2)36-21-9-16(25)12-27-23(21)32(33)34/h6-7,9-14H,5,8H2,1-4H3/t14-/m1/s1. The summed E-state index contributed by atoms with van der Waals surface area (Å²) in [5.74, 6) is -0.385. The topological polar surface area (TPSA) is 110 Å². The zero-order chi connectivity index (χ0) is 26.0. The van der Waals surface area contributed by atoms with Gasteiger partial charge in [0.25, 0.3) is 0 Å². The van der Waals surface area contributed by atoms with E-state index in [4.69, 9.17) is 9.47 Å². The number of pyridine rings is 1. The zero-order valence-electron chi connectivity index (χ0n) is 20.1. The van der Waals surface area contributed by atoms with Crippen molar-refractivity contribution in [3.63, 3.8) is 0 Å². The smallest absolute Gasteiger partial charge is 0.406 e. The van der Waals surface area contributed by atoms with Gasteiger partial charge in [0, 0.05) is 49.0 Å². The number of methoxy groups -OCH3 is 1. The Balaban J connectivity index is 1.79. The summed E-state index contributed by atoms with van der Waals surface area (Å²) in [5.41, 5.74) is 3.44. The van der Waals surface area contributed by atoms with Crippen molar-refractivity contribution >= 4 is 21.7 Å². The molecule has 0 unspecified atom stereocenters. The van der Waals surface area contributed by atoms with E-state index in [-0.39, 0.29) is 5.75 Å². The van der Waals surface area contributed by atoms with Gasteiger partial charge in [-0.15, -0.1) is 0 Å². The number of rotatable bonds is 9. The molecule has 0 bridgehead atoms. The SMILES string of the molecule is CCn1cc(Cc2c(-c3ccc(F)cc3[C@@H](C)Oc3cc(Br)cnc3[N+](=O)[O-])nn(C)c2OC)cn1. The van der Waals surface area contributed by atoms with Crippen molar-refractivity contribution in [2.75, 3.05) is 7.11 Å². The van der Waals surface area contributed by atoms with Gasteiger partial charge in [0.1, 0.15) is 17.6 Å². The Bertz CT molecular complexity index is 1420. The molecule has 0 aliphatic heterocycles. The number of ether oxygens (including phenoxy) is 2. The van der Waals surface area contributed by atoms with E-state index in [9.17, 15) is 14.5 Å². The maximum atomic E-state index is 14.4. The maximum absolute atomic E-state index is 14.4. The van der Waals surface area contributed by atoms with E-state index in [1.54, 1.807) is 38.0 Å². The number of nitro groups is 1. The molecule has 10 nitrogen and oxygen atoms in total. The lowest BCUT2D eigenvalue weighted by Crippen LogP contribution is -2.08. The Kier molecular flexibility index (Phi) is 7.34. The Morgan fingerprint density at radius 1 is 1.28 bits per heavy atom. The maximum Gasteiger partial charge on any atom is 0.406 e. The van der Waals surface area contributed by atoms with Crippen LogP contribution in [-0.2, 0) is 20.0 Å². The third-order valence-electron chi connectivity index (χ3n) is 5.66. The van der Waals surface area contributed by atoms with Crippen LogP contribution < -0.4 is 9.47 Å². The van der Waals surface area contributed by atoms with Crippen LogP contribution in [0.4, 0.5) is 10.2 Å². The van der Waals surface area contributed by atoms with Crippen LogP contribution in [0.5, 0.6) is 11.6 Å². The first kappa shape index (κ1) is 25.3. The van der Waals surface area contributed by atoms with Crippen LogP contribution in [0.3, 0.4) is 0 Å². The molecule has 0 aliphatic carbocycles. The monoisotopic (exact) mass is 558 g/mol. The number of halogens is 2. The summed E-state index contributed by atoms with van der Waals surface area (Å²) in [4.78, 5) is 14.7. The van der Waals surface area contributed by atoms with Crippen LogP contribution in [0, 0.1) is 15.9 Å². The Hall–Kier alpha value is -3.80. The second-order valence-corrected chi connectivity index (χ2v) is 8.98. The summed E-state index contributed by atoms with van der Waals surface area (Å²) < 4.78 is 30.0. The molecule has 12 heteroatoms. The molecule has 3 heterocycles. The zero-order valence-corrected chi connectivity index (χ0v) is 21.7. The minimum atomic E-state index is -0.769. The largest absolute Gasteiger partial charge is 0.481 e. The van der Waals surface area contributed by atoms with Gasteiger partial charge in [0.2, 0.25) is 11.6 Å². The number of nitrogens with zero attached hydrogens (tertiary/aromatic N) is 6. The Labute approximate surface area is 215 Å². The molecular weight excluding hydrogens is 535 g/mol. The molecule has 0 spiro atoms. The second kappa shape index (κ2) is 10.4. The predicted octanol–water partition coefficient (Wildman–Crippen LogP) is 5.25. The third kappa shape index (κ3) is 5.08. The summed E-state index contributed by atoms with van der Waals surface area (Å²) in [5, 5.41) is 20.5. The third-order valence-corrected chi connectivity index (χ3v) is 6.09. The van der Waals surface area contributed by atoms with Gasteiger partial charge in [-0.05, 0) is 63.4 Å². The summed E-state index contributed by atoms with van der Waals surface area (Å²) in [6, 6.07) is 5.77. The van der Waals surface area contributed by atoms with Crippen LogP contribution in [0.1, 0.15) is 36.6 Å². The first-order valence-corrected chi connectivity index (χ1v) is 11.9. The van der Waals surface area contributed by atoms with E-state index in [2.05, 4.69) is 31.1 Å². The van der Waals surface area contributed by atoms with Gasteiger partial charge in [0.05, 0.1) is 17.8 Å². The van der Waals surface area contributed by atoms with Crippen LogP contribution in [0.2, 0.25) is 0 Å². The highest BCUT2D eigenvalue weighted by molar-refractivity contribution is 9.10. The van der Waals surface area contributed by atoms with Crippen molar-refractivity contribution in [3.8, 4) is 22.9 Å². The fraction of sp³-hybridized carbons (Fsp3) is 0.292. The number of benzene rings is 1. The molecule has 0 fully saturated rings. The Morgan fingerprint density at radius 3 is 2.72 bits per heavy atom. The fourth-order valence-electron chi connectivity index (χ4n) is 4.04. The van der Waals surface area contributed by atoms with Crippen LogP contribution >= 0.6 is 15.9 Å². The lowest BCUT2D eigenvalue weighted by molar-refractivity contribution is -0.390. The first-order chi connectivity index (χ1) is 17.2.